The number of amides is 1. The number of carbonyl (C=O) groups excluding carboxylic acids is 1. The number of rotatable bonds is 6. The summed E-state index contributed by atoms with van der Waals surface area (Å²) in [7, 11) is 1.95. The lowest BCUT2D eigenvalue weighted by molar-refractivity contribution is -0.121. The molecule has 0 aliphatic rings. The lowest BCUT2D eigenvalue weighted by Crippen LogP contribution is -2.41. The minimum atomic E-state index is -0.206. The molecule has 2 aromatic rings. The number of benzene rings is 1. The van der Waals surface area contributed by atoms with Gasteiger partial charge in [0.05, 0.1) is 6.04 Å². The number of likely N-dealkylation sites (N-methyl/N-ethyl adjacent to an activating group) is 1. The minimum Gasteiger partial charge on any atom is -0.360 e. The van der Waals surface area contributed by atoms with Crippen molar-refractivity contribution in [3.05, 3.63) is 47.7 Å². The third-order valence-corrected chi connectivity index (χ3v) is 3.38. The summed E-state index contributed by atoms with van der Waals surface area (Å²) >= 11 is 0. The van der Waals surface area contributed by atoms with Crippen molar-refractivity contribution in [1.82, 2.24) is 10.1 Å². The summed E-state index contributed by atoms with van der Waals surface area (Å²) in [4.78, 5) is 14.4. The normalized spacial score (nSPS) is 12.4. The first-order valence-corrected chi connectivity index (χ1v) is 7.08. The van der Waals surface area contributed by atoms with Gasteiger partial charge >= 0.3 is 0 Å². The van der Waals surface area contributed by atoms with Gasteiger partial charge in [-0.3, -0.25) is 9.69 Å². The molecule has 1 heterocycles. The molecule has 0 saturated carbocycles. The lowest BCUT2D eigenvalue weighted by atomic mass is 10.1. The van der Waals surface area contributed by atoms with Crippen LogP contribution in [0.4, 0.5) is 5.82 Å². The van der Waals surface area contributed by atoms with Gasteiger partial charge in [-0.25, -0.2) is 0 Å². The fraction of sp³-hybridized carbons (Fsp3) is 0.375. The Kier molecular flexibility index (Phi) is 5.11. The van der Waals surface area contributed by atoms with E-state index in [1.54, 1.807) is 13.0 Å². The molecule has 2 rings (SSSR count). The van der Waals surface area contributed by atoms with Crippen LogP contribution in [0.1, 0.15) is 24.7 Å². The van der Waals surface area contributed by atoms with Crippen molar-refractivity contribution in [3.63, 3.8) is 0 Å². The fourth-order valence-electron chi connectivity index (χ4n) is 2.31. The van der Waals surface area contributed by atoms with Gasteiger partial charge < -0.3 is 9.84 Å². The maximum Gasteiger partial charge on any atom is 0.242 e. The highest BCUT2D eigenvalue weighted by atomic mass is 16.5. The molecule has 1 atom stereocenters. The third-order valence-electron chi connectivity index (χ3n) is 3.38. The standard InChI is InChI=1S/C16H21N3O2/c1-4-14(16(20)17-15-10-12(2)21-18-15)19(3)11-13-8-6-5-7-9-13/h5-10,14H,4,11H2,1-3H3,(H,17,18,20). The van der Waals surface area contributed by atoms with E-state index in [2.05, 4.69) is 22.6 Å². The first-order chi connectivity index (χ1) is 10.1. The van der Waals surface area contributed by atoms with Gasteiger partial charge in [0.25, 0.3) is 0 Å². The van der Waals surface area contributed by atoms with E-state index in [1.165, 1.54) is 5.56 Å². The van der Waals surface area contributed by atoms with Crippen LogP contribution in [-0.4, -0.2) is 29.1 Å². The van der Waals surface area contributed by atoms with E-state index in [-0.39, 0.29) is 11.9 Å². The monoisotopic (exact) mass is 287 g/mol. The average Bonchev–Trinajstić information content (AvgIpc) is 2.86. The van der Waals surface area contributed by atoms with Crippen molar-refractivity contribution >= 4 is 11.7 Å². The Hall–Kier alpha value is -2.14. The van der Waals surface area contributed by atoms with E-state index in [1.807, 2.05) is 37.1 Å². The maximum atomic E-state index is 12.4. The van der Waals surface area contributed by atoms with Gasteiger partial charge in [0.1, 0.15) is 5.76 Å². The molecule has 0 saturated heterocycles. The minimum absolute atomic E-state index is 0.0655. The molecule has 1 unspecified atom stereocenters. The summed E-state index contributed by atoms with van der Waals surface area (Å²) in [5, 5.41) is 6.59. The second-order valence-corrected chi connectivity index (χ2v) is 5.14. The van der Waals surface area contributed by atoms with Crippen LogP contribution < -0.4 is 5.32 Å². The van der Waals surface area contributed by atoms with Gasteiger partial charge in [0.2, 0.25) is 5.91 Å². The molecule has 1 aromatic carbocycles. The Labute approximate surface area is 124 Å². The number of anilines is 1. The molecule has 0 fully saturated rings. The Morgan fingerprint density at radius 3 is 2.67 bits per heavy atom. The highest BCUT2D eigenvalue weighted by molar-refractivity contribution is 5.93. The lowest BCUT2D eigenvalue weighted by Gasteiger charge is -2.25. The Bertz CT molecular complexity index is 580. The number of nitrogens with zero attached hydrogens (tertiary/aromatic N) is 2. The molecule has 0 bridgehead atoms. The zero-order valence-corrected chi connectivity index (χ0v) is 12.7. The SMILES string of the molecule is CCC(C(=O)Nc1cc(C)on1)N(C)Cc1ccccc1. The molecule has 1 amide bonds. The second-order valence-electron chi connectivity index (χ2n) is 5.14. The quantitative estimate of drug-likeness (QED) is 0.887. The highest BCUT2D eigenvalue weighted by Crippen LogP contribution is 2.12. The van der Waals surface area contributed by atoms with Crippen molar-refractivity contribution < 1.29 is 9.32 Å². The second kappa shape index (κ2) is 7.04. The number of aryl methyl sites for hydroxylation is 1. The Balaban J connectivity index is 1.99. The predicted molar refractivity (Wildman–Crippen MR) is 81.9 cm³/mol. The van der Waals surface area contributed by atoms with E-state index in [0.717, 1.165) is 13.0 Å². The number of carbonyl (C=O) groups is 1. The molecule has 5 heteroatoms. The van der Waals surface area contributed by atoms with Crippen molar-refractivity contribution in [3.8, 4) is 0 Å². The summed E-state index contributed by atoms with van der Waals surface area (Å²) in [6.07, 6.45) is 0.728. The molecule has 0 spiro atoms. The average molecular weight is 287 g/mol. The zero-order valence-electron chi connectivity index (χ0n) is 12.7. The summed E-state index contributed by atoms with van der Waals surface area (Å²) in [6, 6.07) is 11.6. The first-order valence-electron chi connectivity index (χ1n) is 7.08. The first kappa shape index (κ1) is 15.3. The summed E-state index contributed by atoms with van der Waals surface area (Å²) < 4.78 is 4.96. The van der Waals surface area contributed by atoms with Crippen LogP contribution in [0.2, 0.25) is 0 Å². The molecule has 0 aliphatic heterocycles. The van der Waals surface area contributed by atoms with E-state index < -0.39 is 0 Å². The molecule has 0 radical (unpaired) electrons. The maximum absolute atomic E-state index is 12.4. The molecule has 1 aromatic heterocycles. The van der Waals surface area contributed by atoms with Crippen molar-refractivity contribution in [2.75, 3.05) is 12.4 Å². The molecule has 0 aliphatic carbocycles. The molecule has 5 nitrogen and oxygen atoms in total. The zero-order chi connectivity index (χ0) is 15.2. The van der Waals surface area contributed by atoms with Crippen LogP contribution in [0.25, 0.3) is 0 Å². The van der Waals surface area contributed by atoms with Crippen LogP contribution >= 0.6 is 0 Å². The molecular formula is C16H21N3O2. The molecule has 112 valence electrons. The topological polar surface area (TPSA) is 58.4 Å². The smallest absolute Gasteiger partial charge is 0.242 e. The van der Waals surface area contributed by atoms with Crippen molar-refractivity contribution in [2.24, 2.45) is 0 Å². The number of aromatic nitrogens is 1. The van der Waals surface area contributed by atoms with Crippen LogP contribution in [0.5, 0.6) is 0 Å². The van der Waals surface area contributed by atoms with Crippen LogP contribution in [0.3, 0.4) is 0 Å². The fourth-order valence-corrected chi connectivity index (χ4v) is 2.31. The Morgan fingerprint density at radius 1 is 1.38 bits per heavy atom. The van der Waals surface area contributed by atoms with Crippen molar-refractivity contribution in [1.29, 1.82) is 0 Å². The van der Waals surface area contributed by atoms with Crippen LogP contribution in [-0.2, 0) is 11.3 Å². The van der Waals surface area contributed by atoms with E-state index in [4.69, 9.17) is 4.52 Å². The number of hydrogen-bond donors (Lipinski definition) is 1. The summed E-state index contributed by atoms with van der Waals surface area (Å²) in [5.74, 6) is 1.07. The van der Waals surface area contributed by atoms with Gasteiger partial charge in [-0.2, -0.15) is 0 Å². The van der Waals surface area contributed by atoms with Crippen LogP contribution in [0.15, 0.2) is 40.9 Å². The number of nitrogens with one attached hydrogen (secondary N) is 1. The van der Waals surface area contributed by atoms with E-state index in [9.17, 15) is 4.79 Å². The summed E-state index contributed by atoms with van der Waals surface area (Å²) in [6.45, 7) is 4.52. The largest absolute Gasteiger partial charge is 0.360 e. The third kappa shape index (κ3) is 4.16. The van der Waals surface area contributed by atoms with Crippen molar-refractivity contribution in [2.45, 2.75) is 32.9 Å². The molecule has 21 heavy (non-hydrogen) atoms. The van der Waals surface area contributed by atoms with Gasteiger partial charge in [0, 0.05) is 12.6 Å². The summed E-state index contributed by atoms with van der Waals surface area (Å²) in [5.41, 5.74) is 1.18. The van der Waals surface area contributed by atoms with Gasteiger partial charge in [-0.05, 0) is 26.0 Å². The van der Waals surface area contributed by atoms with Crippen LogP contribution in [0, 0.1) is 6.92 Å². The molecular weight excluding hydrogens is 266 g/mol. The molecule has 1 N–H and O–H groups in total. The van der Waals surface area contributed by atoms with Gasteiger partial charge in [-0.1, -0.05) is 42.4 Å². The van der Waals surface area contributed by atoms with E-state index >= 15 is 0 Å². The van der Waals surface area contributed by atoms with E-state index in [0.29, 0.717) is 11.6 Å². The Morgan fingerprint density at radius 2 is 2.10 bits per heavy atom. The predicted octanol–water partition coefficient (Wildman–Crippen LogP) is 2.83. The number of hydrogen-bond acceptors (Lipinski definition) is 4. The van der Waals surface area contributed by atoms with Gasteiger partial charge in [-0.15, -0.1) is 0 Å². The van der Waals surface area contributed by atoms with Gasteiger partial charge in [0.15, 0.2) is 5.82 Å². The highest BCUT2D eigenvalue weighted by Gasteiger charge is 2.22.